The number of rotatable bonds is 2. The Morgan fingerprint density at radius 3 is 2.60 bits per heavy atom. The summed E-state index contributed by atoms with van der Waals surface area (Å²) >= 11 is 0. The summed E-state index contributed by atoms with van der Waals surface area (Å²) in [6.07, 6.45) is 2.18. The van der Waals surface area contributed by atoms with Gasteiger partial charge in [0, 0.05) is 0 Å². The molecule has 0 radical (unpaired) electrons. The van der Waals surface area contributed by atoms with E-state index < -0.39 is 6.17 Å². The van der Waals surface area contributed by atoms with Crippen LogP contribution in [-0.4, -0.2) is 19.3 Å². The van der Waals surface area contributed by atoms with Crippen LogP contribution in [0.3, 0.4) is 0 Å². The molecule has 60 valence electrons. The monoisotopic (exact) mass is 145 g/mol. The summed E-state index contributed by atoms with van der Waals surface area (Å²) in [6, 6.07) is 0. The lowest BCUT2D eigenvalue weighted by Crippen LogP contribution is -2.32. The number of hydrogen-bond donors (Lipinski definition) is 1. The van der Waals surface area contributed by atoms with E-state index in [4.69, 9.17) is 0 Å². The first-order chi connectivity index (χ1) is 4.84. The molecule has 1 aliphatic rings. The van der Waals surface area contributed by atoms with Crippen LogP contribution < -0.4 is 5.32 Å². The smallest absolute Gasteiger partial charge is 0.103 e. The van der Waals surface area contributed by atoms with Crippen molar-refractivity contribution in [3.8, 4) is 0 Å². The lowest BCUT2D eigenvalue weighted by molar-refractivity contribution is 0.183. The predicted octanol–water partition coefficient (Wildman–Crippen LogP) is 1.73. The fraction of sp³-hybridized carbons (Fsp3) is 1.00. The van der Waals surface area contributed by atoms with Gasteiger partial charge in [-0.05, 0) is 38.3 Å². The molecule has 0 unspecified atom stereocenters. The van der Waals surface area contributed by atoms with E-state index in [9.17, 15) is 4.39 Å². The number of halogens is 1. The van der Waals surface area contributed by atoms with Crippen LogP contribution in [0.15, 0.2) is 0 Å². The minimum atomic E-state index is -0.554. The summed E-state index contributed by atoms with van der Waals surface area (Å²) in [7, 11) is 0. The molecule has 1 aliphatic heterocycles. The Morgan fingerprint density at radius 1 is 1.50 bits per heavy atom. The van der Waals surface area contributed by atoms with Crippen molar-refractivity contribution >= 4 is 0 Å². The van der Waals surface area contributed by atoms with E-state index in [1.165, 1.54) is 0 Å². The van der Waals surface area contributed by atoms with Gasteiger partial charge in [0.25, 0.3) is 0 Å². The van der Waals surface area contributed by atoms with Crippen LogP contribution in [0.4, 0.5) is 4.39 Å². The van der Waals surface area contributed by atoms with Gasteiger partial charge in [-0.2, -0.15) is 0 Å². The van der Waals surface area contributed by atoms with E-state index in [0.29, 0.717) is 12.3 Å². The Kier molecular flexibility index (Phi) is 3.13. The third-order valence-electron chi connectivity index (χ3n) is 2.29. The Bertz CT molecular complexity index is 89.3. The average molecular weight is 145 g/mol. The van der Waals surface area contributed by atoms with Crippen molar-refractivity contribution in [2.75, 3.05) is 13.1 Å². The molecule has 2 heteroatoms. The quantitative estimate of drug-likeness (QED) is 0.624. The highest BCUT2D eigenvalue weighted by molar-refractivity contribution is 4.74. The van der Waals surface area contributed by atoms with Crippen LogP contribution >= 0.6 is 0 Å². The van der Waals surface area contributed by atoms with Crippen LogP contribution in [0.5, 0.6) is 0 Å². The molecule has 1 fully saturated rings. The van der Waals surface area contributed by atoms with E-state index in [2.05, 4.69) is 5.32 Å². The topological polar surface area (TPSA) is 12.0 Å². The highest BCUT2D eigenvalue weighted by atomic mass is 19.1. The molecule has 1 rings (SSSR count). The first-order valence-electron chi connectivity index (χ1n) is 4.19. The first-order valence-corrected chi connectivity index (χ1v) is 4.19. The number of piperidine rings is 1. The third kappa shape index (κ3) is 1.94. The Morgan fingerprint density at radius 2 is 2.10 bits per heavy atom. The molecule has 0 aromatic rings. The third-order valence-corrected chi connectivity index (χ3v) is 2.29. The van der Waals surface area contributed by atoms with Gasteiger partial charge in [-0.15, -0.1) is 0 Å². The Hall–Kier alpha value is -0.110. The fourth-order valence-electron chi connectivity index (χ4n) is 1.54. The summed E-state index contributed by atoms with van der Waals surface area (Å²) in [4.78, 5) is 0. The second-order valence-corrected chi connectivity index (χ2v) is 3.01. The minimum Gasteiger partial charge on any atom is -0.317 e. The van der Waals surface area contributed by atoms with Crippen LogP contribution in [0.1, 0.15) is 26.2 Å². The van der Waals surface area contributed by atoms with Crippen molar-refractivity contribution in [3.05, 3.63) is 0 Å². The van der Waals surface area contributed by atoms with E-state index in [1.54, 1.807) is 0 Å². The predicted molar refractivity (Wildman–Crippen MR) is 40.8 cm³/mol. The number of nitrogens with one attached hydrogen (secondary N) is 1. The van der Waals surface area contributed by atoms with E-state index in [0.717, 1.165) is 25.9 Å². The van der Waals surface area contributed by atoms with Crippen LogP contribution in [0, 0.1) is 5.92 Å². The molecule has 0 bridgehead atoms. The van der Waals surface area contributed by atoms with Gasteiger partial charge in [0.05, 0.1) is 0 Å². The summed E-state index contributed by atoms with van der Waals surface area (Å²) in [5.74, 6) is 0.339. The molecule has 1 heterocycles. The van der Waals surface area contributed by atoms with E-state index in [1.807, 2.05) is 6.92 Å². The molecule has 0 aliphatic carbocycles. The second kappa shape index (κ2) is 3.91. The number of alkyl halides is 1. The normalized spacial score (nSPS) is 24.6. The van der Waals surface area contributed by atoms with Crippen molar-refractivity contribution in [2.45, 2.75) is 32.4 Å². The molecule has 1 nitrogen and oxygen atoms in total. The lowest BCUT2D eigenvalue weighted by atomic mass is 9.92. The van der Waals surface area contributed by atoms with Crippen molar-refractivity contribution in [3.63, 3.8) is 0 Å². The van der Waals surface area contributed by atoms with Gasteiger partial charge < -0.3 is 5.32 Å². The second-order valence-electron chi connectivity index (χ2n) is 3.01. The summed E-state index contributed by atoms with van der Waals surface area (Å²) < 4.78 is 13.0. The highest BCUT2D eigenvalue weighted by Crippen LogP contribution is 2.20. The molecule has 10 heavy (non-hydrogen) atoms. The Balaban J connectivity index is 2.24. The number of hydrogen-bond acceptors (Lipinski definition) is 1. The molecule has 0 spiro atoms. The van der Waals surface area contributed by atoms with Gasteiger partial charge >= 0.3 is 0 Å². The minimum absolute atomic E-state index is 0.339. The first kappa shape index (κ1) is 7.99. The average Bonchev–Trinajstić information content (AvgIpc) is 2.05. The van der Waals surface area contributed by atoms with Crippen LogP contribution in [0.2, 0.25) is 0 Å². The standard InChI is InChI=1S/C8H16FN/c1-2-8(9)7-3-5-10-6-4-7/h7-8,10H,2-6H2,1H3/t8-/m0/s1. The van der Waals surface area contributed by atoms with E-state index in [-0.39, 0.29) is 0 Å². The maximum Gasteiger partial charge on any atom is 0.103 e. The SMILES string of the molecule is CC[C@H](F)C1CCNCC1. The molecular formula is C8H16FN. The maximum atomic E-state index is 13.0. The maximum absolute atomic E-state index is 13.0. The van der Waals surface area contributed by atoms with Gasteiger partial charge in [0.1, 0.15) is 6.17 Å². The highest BCUT2D eigenvalue weighted by Gasteiger charge is 2.20. The zero-order chi connectivity index (χ0) is 7.40. The molecule has 0 saturated carbocycles. The largest absolute Gasteiger partial charge is 0.317 e. The Labute approximate surface area is 62.0 Å². The van der Waals surface area contributed by atoms with Gasteiger partial charge in [-0.1, -0.05) is 6.92 Å². The molecule has 1 saturated heterocycles. The molecule has 0 amide bonds. The van der Waals surface area contributed by atoms with E-state index >= 15 is 0 Å². The fourth-order valence-corrected chi connectivity index (χ4v) is 1.54. The summed E-state index contributed by atoms with van der Waals surface area (Å²) in [6.45, 7) is 3.93. The summed E-state index contributed by atoms with van der Waals surface area (Å²) in [5, 5.41) is 3.23. The molecule has 1 atom stereocenters. The van der Waals surface area contributed by atoms with Crippen LogP contribution in [-0.2, 0) is 0 Å². The van der Waals surface area contributed by atoms with Crippen molar-refractivity contribution < 1.29 is 4.39 Å². The molecule has 0 aromatic carbocycles. The summed E-state index contributed by atoms with van der Waals surface area (Å²) in [5.41, 5.74) is 0. The van der Waals surface area contributed by atoms with Crippen molar-refractivity contribution in [2.24, 2.45) is 5.92 Å². The molecule has 0 aromatic heterocycles. The zero-order valence-electron chi connectivity index (χ0n) is 6.57. The zero-order valence-corrected chi connectivity index (χ0v) is 6.57. The van der Waals surface area contributed by atoms with Gasteiger partial charge in [-0.25, -0.2) is 4.39 Å². The molecular weight excluding hydrogens is 129 g/mol. The van der Waals surface area contributed by atoms with Crippen molar-refractivity contribution in [1.82, 2.24) is 5.32 Å². The van der Waals surface area contributed by atoms with Gasteiger partial charge in [0.2, 0.25) is 0 Å². The molecule has 1 N–H and O–H groups in total. The lowest BCUT2D eigenvalue weighted by Gasteiger charge is -2.24. The van der Waals surface area contributed by atoms with Crippen molar-refractivity contribution in [1.29, 1.82) is 0 Å². The van der Waals surface area contributed by atoms with Crippen LogP contribution in [0.25, 0.3) is 0 Å². The van der Waals surface area contributed by atoms with Gasteiger partial charge in [-0.3, -0.25) is 0 Å². The van der Waals surface area contributed by atoms with Gasteiger partial charge in [0.15, 0.2) is 0 Å².